The zero-order valence-corrected chi connectivity index (χ0v) is 12.8. The summed E-state index contributed by atoms with van der Waals surface area (Å²) in [4.78, 5) is 5.24. The molecular formula is C17H27N3. The average Bonchev–Trinajstić information content (AvgIpc) is 2.70. The van der Waals surface area contributed by atoms with Crippen LogP contribution in [-0.2, 0) is 6.42 Å². The standard InChI is InChI=1S/C17H27N3/c1-3-15-13-20(11-10-19(15)2)16-9-8-14-6-4-5-7-17(14)18-12-16/h4-7,15-16,18H,3,8-13H2,1-2H3. The van der Waals surface area contributed by atoms with Gasteiger partial charge in [-0.1, -0.05) is 25.1 Å². The van der Waals surface area contributed by atoms with Crippen LogP contribution in [-0.4, -0.2) is 55.1 Å². The SMILES string of the molecule is CCC1CN(C2CCc3ccccc3NC2)CCN1C. The summed E-state index contributed by atoms with van der Waals surface area (Å²) in [5, 5.41) is 3.66. The molecule has 0 saturated carbocycles. The minimum Gasteiger partial charge on any atom is -0.383 e. The van der Waals surface area contributed by atoms with E-state index >= 15 is 0 Å². The third kappa shape index (κ3) is 2.84. The second kappa shape index (κ2) is 6.15. The number of likely N-dealkylation sites (N-methyl/N-ethyl adjacent to an activating group) is 1. The Kier molecular flexibility index (Phi) is 4.27. The molecule has 0 aromatic heterocycles. The number of hydrogen-bond donors (Lipinski definition) is 1. The molecule has 0 aliphatic carbocycles. The van der Waals surface area contributed by atoms with Gasteiger partial charge in [0.2, 0.25) is 0 Å². The Bertz CT molecular complexity index is 419. The second-order valence-corrected chi connectivity index (χ2v) is 6.27. The van der Waals surface area contributed by atoms with E-state index in [1.54, 1.807) is 0 Å². The first-order valence-electron chi connectivity index (χ1n) is 8.04. The van der Waals surface area contributed by atoms with Crippen LogP contribution in [0.5, 0.6) is 0 Å². The summed E-state index contributed by atoms with van der Waals surface area (Å²) in [7, 11) is 2.27. The zero-order valence-electron chi connectivity index (χ0n) is 12.8. The molecule has 3 nitrogen and oxygen atoms in total. The molecule has 2 aliphatic heterocycles. The van der Waals surface area contributed by atoms with Crippen LogP contribution in [0.2, 0.25) is 0 Å². The van der Waals surface area contributed by atoms with Gasteiger partial charge in [-0.05, 0) is 37.9 Å². The molecular weight excluding hydrogens is 246 g/mol. The number of fused-ring (bicyclic) bond motifs is 1. The number of anilines is 1. The molecule has 1 N–H and O–H groups in total. The molecule has 3 heteroatoms. The van der Waals surface area contributed by atoms with Crippen LogP contribution < -0.4 is 5.32 Å². The summed E-state index contributed by atoms with van der Waals surface area (Å²) in [5.74, 6) is 0. The van der Waals surface area contributed by atoms with E-state index in [1.807, 2.05) is 0 Å². The summed E-state index contributed by atoms with van der Waals surface area (Å²) in [5.41, 5.74) is 2.83. The highest BCUT2D eigenvalue weighted by atomic mass is 15.3. The first-order chi connectivity index (χ1) is 9.78. The van der Waals surface area contributed by atoms with Crippen molar-refractivity contribution in [3.8, 4) is 0 Å². The van der Waals surface area contributed by atoms with E-state index in [0.29, 0.717) is 6.04 Å². The van der Waals surface area contributed by atoms with Crippen molar-refractivity contribution >= 4 is 5.69 Å². The van der Waals surface area contributed by atoms with Crippen molar-refractivity contribution in [3.63, 3.8) is 0 Å². The van der Waals surface area contributed by atoms with E-state index in [0.717, 1.165) is 12.6 Å². The molecule has 1 saturated heterocycles. The fourth-order valence-electron chi connectivity index (χ4n) is 3.62. The van der Waals surface area contributed by atoms with Crippen molar-refractivity contribution in [1.82, 2.24) is 9.80 Å². The van der Waals surface area contributed by atoms with Gasteiger partial charge in [0.1, 0.15) is 0 Å². The average molecular weight is 273 g/mol. The van der Waals surface area contributed by atoms with Crippen LogP contribution in [0.25, 0.3) is 0 Å². The Morgan fingerprint density at radius 2 is 2.10 bits per heavy atom. The number of nitrogens with zero attached hydrogens (tertiary/aromatic N) is 2. The second-order valence-electron chi connectivity index (χ2n) is 6.27. The molecule has 2 unspecified atom stereocenters. The van der Waals surface area contributed by atoms with E-state index in [-0.39, 0.29) is 0 Å². The van der Waals surface area contributed by atoms with Crippen molar-refractivity contribution in [3.05, 3.63) is 29.8 Å². The predicted molar refractivity (Wildman–Crippen MR) is 85.3 cm³/mol. The molecule has 20 heavy (non-hydrogen) atoms. The molecule has 1 aromatic carbocycles. The summed E-state index contributed by atoms with van der Waals surface area (Å²) in [6.07, 6.45) is 3.74. The fourth-order valence-corrected chi connectivity index (χ4v) is 3.62. The topological polar surface area (TPSA) is 18.5 Å². The van der Waals surface area contributed by atoms with Gasteiger partial charge in [0.05, 0.1) is 0 Å². The van der Waals surface area contributed by atoms with Crippen LogP contribution >= 0.6 is 0 Å². The molecule has 1 aromatic rings. The number of hydrogen-bond acceptors (Lipinski definition) is 3. The number of rotatable bonds is 2. The normalized spacial score (nSPS) is 28.5. The van der Waals surface area contributed by atoms with Crippen molar-refractivity contribution in [1.29, 1.82) is 0 Å². The summed E-state index contributed by atoms with van der Waals surface area (Å²) in [6, 6.07) is 10.2. The molecule has 2 atom stereocenters. The molecule has 2 heterocycles. The zero-order chi connectivity index (χ0) is 13.9. The molecule has 3 rings (SSSR count). The van der Waals surface area contributed by atoms with E-state index < -0.39 is 0 Å². The summed E-state index contributed by atoms with van der Waals surface area (Å²) >= 11 is 0. The lowest BCUT2D eigenvalue weighted by atomic mass is 10.0. The van der Waals surface area contributed by atoms with Crippen LogP contribution in [0, 0.1) is 0 Å². The van der Waals surface area contributed by atoms with Gasteiger partial charge in [0.25, 0.3) is 0 Å². The highest BCUT2D eigenvalue weighted by Gasteiger charge is 2.28. The smallest absolute Gasteiger partial charge is 0.0373 e. The lowest BCUT2D eigenvalue weighted by Crippen LogP contribution is -2.55. The molecule has 0 radical (unpaired) electrons. The first kappa shape index (κ1) is 13.9. The minimum absolute atomic E-state index is 0.685. The Balaban J connectivity index is 1.65. The lowest BCUT2D eigenvalue weighted by Gasteiger charge is -2.42. The van der Waals surface area contributed by atoms with Gasteiger partial charge in [-0.25, -0.2) is 0 Å². The van der Waals surface area contributed by atoms with Crippen LogP contribution in [0.1, 0.15) is 25.3 Å². The first-order valence-corrected chi connectivity index (χ1v) is 8.04. The van der Waals surface area contributed by atoms with Gasteiger partial charge in [-0.2, -0.15) is 0 Å². The molecule has 0 amide bonds. The molecule has 0 spiro atoms. The van der Waals surface area contributed by atoms with Gasteiger partial charge in [0.15, 0.2) is 0 Å². The summed E-state index contributed by atoms with van der Waals surface area (Å²) in [6.45, 7) is 7.07. The van der Waals surface area contributed by atoms with Gasteiger partial charge in [0, 0.05) is 44.0 Å². The van der Waals surface area contributed by atoms with Crippen LogP contribution in [0.4, 0.5) is 5.69 Å². The van der Waals surface area contributed by atoms with Gasteiger partial charge >= 0.3 is 0 Å². The van der Waals surface area contributed by atoms with Crippen LogP contribution in [0.3, 0.4) is 0 Å². The molecule has 110 valence electrons. The largest absolute Gasteiger partial charge is 0.383 e. The maximum Gasteiger partial charge on any atom is 0.0373 e. The van der Waals surface area contributed by atoms with E-state index in [1.165, 1.54) is 50.1 Å². The quantitative estimate of drug-likeness (QED) is 0.893. The van der Waals surface area contributed by atoms with Gasteiger partial charge in [-0.15, -0.1) is 0 Å². The Hall–Kier alpha value is -1.06. The highest BCUT2D eigenvalue weighted by molar-refractivity contribution is 5.52. The molecule has 1 fully saturated rings. The number of benzene rings is 1. The van der Waals surface area contributed by atoms with Gasteiger partial charge in [-0.3, -0.25) is 4.90 Å². The minimum atomic E-state index is 0.685. The monoisotopic (exact) mass is 273 g/mol. The Labute approximate surface area is 123 Å². The third-order valence-electron chi connectivity index (χ3n) is 5.09. The molecule has 2 aliphatic rings. The summed E-state index contributed by atoms with van der Waals surface area (Å²) < 4.78 is 0. The Morgan fingerprint density at radius 1 is 1.25 bits per heavy atom. The maximum absolute atomic E-state index is 3.66. The lowest BCUT2D eigenvalue weighted by molar-refractivity contribution is 0.0638. The van der Waals surface area contributed by atoms with Gasteiger partial charge < -0.3 is 10.2 Å². The maximum atomic E-state index is 3.66. The van der Waals surface area contributed by atoms with Crippen molar-refractivity contribution in [2.45, 2.75) is 38.3 Å². The van der Waals surface area contributed by atoms with E-state index in [9.17, 15) is 0 Å². The molecule has 0 bridgehead atoms. The third-order valence-corrected chi connectivity index (χ3v) is 5.09. The Morgan fingerprint density at radius 3 is 2.95 bits per heavy atom. The fraction of sp³-hybridized carbons (Fsp3) is 0.647. The number of para-hydroxylation sites is 1. The predicted octanol–water partition coefficient (Wildman–Crippen LogP) is 2.44. The van der Waals surface area contributed by atoms with E-state index in [4.69, 9.17) is 0 Å². The number of aryl methyl sites for hydroxylation is 1. The van der Waals surface area contributed by atoms with E-state index in [2.05, 4.69) is 53.4 Å². The highest BCUT2D eigenvalue weighted by Crippen LogP contribution is 2.24. The van der Waals surface area contributed by atoms with Crippen LogP contribution in [0.15, 0.2) is 24.3 Å². The number of nitrogens with one attached hydrogen (secondary N) is 1. The van der Waals surface area contributed by atoms with Crippen molar-refractivity contribution < 1.29 is 0 Å². The number of piperazine rings is 1. The van der Waals surface area contributed by atoms with Crippen molar-refractivity contribution in [2.75, 3.05) is 38.5 Å². The van der Waals surface area contributed by atoms with Crippen molar-refractivity contribution in [2.24, 2.45) is 0 Å².